The summed E-state index contributed by atoms with van der Waals surface area (Å²) in [5, 5.41) is 6.39. The topological polar surface area (TPSA) is 41.1 Å². The Morgan fingerprint density at radius 2 is 1.89 bits per heavy atom. The number of halogens is 1. The Morgan fingerprint density at radius 3 is 2.44 bits per heavy atom. The predicted octanol–water partition coefficient (Wildman–Crippen LogP) is 2.15. The monoisotopic (exact) mass is 268 g/mol. The van der Waals surface area contributed by atoms with Crippen LogP contribution in [0.2, 0.25) is 0 Å². The predicted molar refractivity (Wildman–Crippen MR) is 76.4 cm³/mol. The maximum absolute atomic E-state index is 12.0. The molecule has 0 aromatic heterocycles. The first-order chi connectivity index (χ1) is 8.29. The molecular formula is C14H21ClN2O. The zero-order valence-electron chi connectivity index (χ0n) is 10.7. The fraction of sp³-hybridized carbons (Fsp3) is 0.500. The molecule has 0 saturated carbocycles. The van der Waals surface area contributed by atoms with Crippen molar-refractivity contribution in [1.82, 2.24) is 10.6 Å². The van der Waals surface area contributed by atoms with Crippen molar-refractivity contribution in [2.75, 3.05) is 13.1 Å². The van der Waals surface area contributed by atoms with Gasteiger partial charge in [-0.1, -0.05) is 19.1 Å². The Balaban J connectivity index is 0.00000162. The van der Waals surface area contributed by atoms with E-state index in [1.807, 2.05) is 24.3 Å². The standard InChI is InChI=1S/C14H20N2O.ClH/c1-2-11-3-5-12(6-4-11)14(17)16-13-7-9-15-10-8-13;/h3-6,13,15H,2,7-10H2,1H3,(H,16,17);1H. The highest BCUT2D eigenvalue weighted by Crippen LogP contribution is 2.07. The van der Waals surface area contributed by atoms with Gasteiger partial charge in [0.1, 0.15) is 0 Å². The van der Waals surface area contributed by atoms with Crippen LogP contribution in [-0.2, 0) is 6.42 Å². The van der Waals surface area contributed by atoms with Crippen molar-refractivity contribution in [3.8, 4) is 0 Å². The molecule has 4 heteroatoms. The molecule has 0 bridgehead atoms. The van der Waals surface area contributed by atoms with Crippen LogP contribution in [0.3, 0.4) is 0 Å². The molecule has 0 atom stereocenters. The Hall–Kier alpha value is -1.06. The lowest BCUT2D eigenvalue weighted by Crippen LogP contribution is -2.42. The van der Waals surface area contributed by atoms with E-state index in [9.17, 15) is 4.79 Å². The zero-order chi connectivity index (χ0) is 12.1. The largest absolute Gasteiger partial charge is 0.349 e. The number of carbonyl (C=O) groups is 1. The van der Waals surface area contributed by atoms with E-state index in [0.29, 0.717) is 6.04 Å². The number of hydrogen-bond donors (Lipinski definition) is 2. The highest BCUT2D eigenvalue weighted by Gasteiger charge is 2.15. The minimum absolute atomic E-state index is 0. The molecule has 1 aromatic rings. The Morgan fingerprint density at radius 1 is 1.28 bits per heavy atom. The smallest absolute Gasteiger partial charge is 0.251 e. The lowest BCUT2D eigenvalue weighted by atomic mass is 10.1. The van der Waals surface area contributed by atoms with Gasteiger partial charge in [-0.05, 0) is 50.0 Å². The molecular weight excluding hydrogens is 248 g/mol. The van der Waals surface area contributed by atoms with Crippen molar-refractivity contribution in [2.24, 2.45) is 0 Å². The minimum Gasteiger partial charge on any atom is -0.349 e. The van der Waals surface area contributed by atoms with Crippen molar-refractivity contribution in [2.45, 2.75) is 32.2 Å². The van der Waals surface area contributed by atoms with Crippen molar-refractivity contribution < 1.29 is 4.79 Å². The molecule has 1 aliphatic heterocycles. The zero-order valence-corrected chi connectivity index (χ0v) is 11.6. The van der Waals surface area contributed by atoms with Gasteiger partial charge in [-0.3, -0.25) is 4.79 Å². The quantitative estimate of drug-likeness (QED) is 0.882. The summed E-state index contributed by atoms with van der Waals surface area (Å²) in [7, 11) is 0. The average Bonchev–Trinajstić information content (AvgIpc) is 2.40. The maximum atomic E-state index is 12.0. The number of hydrogen-bond acceptors (Lipinski definition) is 2. The number of amides is 1. The van der Waals surface area contributed by atoms with Crippen LogP contribution in [0.1, 0.15) is 35.7 Å². The third kappa shape index (κ3) is 4.00. The van der Waals surface area contributed by atoms with Gasteiger partial charge in [0.05, 0.1) is 0 Å². The van der Waals surface area contributed by atoms with Crippen molar-refractivity contribution >= 4 is 18.3 Å². The number of carbonyl (C=O) groups excluding carboxylic acids is 1. The van der Waals surface area contributed by atoms with E-state index in [1.54, 1.807) is 0 Å². The molecule has 2 N–H and O–H groups in total. The van der Waals surface area contributed by atoms with Crippen LogP contribution < -0.4 is 10.6 Å². The summed E-state index contributed by atoms with van der Waals surface area (Å²) in [6.07, 6.45) is 3.06. The van der Waals surface area contributed by atoms with Gasteiger partial charge in [0, 0.05) is 11.6 Å². The Labute approximate surface area is 115 Å². The van der Waals surface area contributed by atoms with E-state index >= 15 is 0 Å². The SMILES string of the molecule is CCc1ccc(C(=O)NC2CCNCC2)cc1.Cl. The van der Waals surface area contributed by atoms with Gasteiger partial charge in [0.2, 0.25) is 0 Å². The van der Waals surface area contributed by atoms with Crippen LogP contribution in [0.25, 0.3) is 0 Å². The molecule has 0 spiro atoms. The first-order valence-electron chi connectivity index (χ1n) is 6.40. The summed E-state index contributed by atoms with van der Waals surface area (Å²) in [4.78, 5) is 12.0. The van der Waals surface area contributed by atoms with Crippen molar-refractivity contribution in [3.05, 3.63) is 35.4 Å². The third-order valence-electron chi connectivity index (χ3n) is 3.30. The molecule has 1 fully saturated rings. The molecule has 2 rings (SSSR count). The van der Waals surface area contributed by atoms with Crippen LogP contribution >= 0.6 is 12.4 Å². The lowest BCUT2D eigenvalue weighted by molar-refractivity contribution is 0.0929. The fourth-order valence-corrected chi connectivity index (χ4v) is 2.13. The maximum Gasteiger partial charge on any atom is 0.251 e. The van der Waals surface area contributed by atoms with Gasteiger partial charge in [-0.15, -0.1) is 12.4 Å². The number of nitrogens with one attached hydrogen (secondary N) is 2. The Kier molecular flexibility index (Phi) is 6.16. The first-order valence-corrected chi connectivity index (χ1v) is 6.40. The molecule has 0 aliphatic carbocycles. The van der Waals surface area contributed by atoms with Crippen molar-refractivity contribution in [1.29, 1.82) is 0 Å². The second-order valence-corrected chi connectivity index (χ2v) is 4.55. The molecule has 0 unspecified atom stereocenters. The van der Waals surface area contributed by atoms with Crippen LogP contribution in [-0.4, -0.2) is 25.0 Å². The van der Waals surface area contributed by atoms with E-state index in [2.05, 4.69) is 17.6 Å². The molecule has 1 aromatic carbocycles. The fourth-order valence-electron chi connectivity index (χ4n) is 2.13. The molecule has 18 heavy (non-hydrogen) atoms. The summed E-state index contributed by atoms with van der Waals surface area (Å²) >= 11 is 0. The van der Waals surface area contributed by atoms with Gasteiger partial charge < -0.3 is 10.6 Å². The number of piperidine rings is 1. The van der Waals surface area contributed by atoms with Gasteiger partial charge in [-0.2, -0.15) is 0 Å². The minimum atomic E-state index is 0. The van der Waals surface area contributed by atoms with E-state index < -0.39 is 0 Å². The molecule has 100 valence electrons. The summed E-state index contributed by atoms with van der Waals surface area (Å²) in [6.45, 7) is 4.11. The summed E-state index contributed by atoms with van der Waals surface area (Å²) in [6, 6.07) is 8.20. The molecule has 1 heterocycles. The highest BCUT2D eigenvalue weighted by atomic mass is 35.5. The first kappa shape index (κ1) is 15.0. The normalized spacial score (nSPS) is 15.8. The van der Waals surface area contributed by atoms with E-state index in [4.69, 9.17) is 0 Å². The van der Waals surface area contributed by atoms with Gasteiger partial charge in [-0.25, -0.2) is 0 Å². The van der Waals surface area contributed by atoms with Gasteiger partial charge >= 0.3 is 0 Å². The summed E-state index contributed by atoms with van der Waals surface area (Å²) in [5.41, 5.74) is 2.03. The van der Waals surface area contributed by atoms with Crippen LogP contribution in [0.5, 0.6) is 0 Å². The molecule has 1 saturated heterocycles. The molecule has 1 amide bonds. The van der Waals surface area contributed by atoms with Crippen LogP contribution in [0.4, 0.5) is 0 Å². The van der Waals surface area contributed by atoms with E-state index in [1.165, 1.54) is 5.56 Å². The van der Waals surface area contributed by atoms with E-state index in [0.717, 1.165) is 37.9 Å². The number of aryl methyl sites for hydroxylation is 1. The summed E-state index contributed by atoms with van der Waals surface area (Å²) < 4.78 is 0. The third-order valence-corrected chi connectivity index (χ3v) is 3.30. The van der Waals surface area contributed by atoms with E-state index in [-0.39, 0.29) is 18.3 Å². The van der Waals surface area contributed by atoms with Crippen LogP contribution in [0, 0.1) is 0 Å². The lowest BCUT2D eigenvalue weighted by Gasteiger charge is -2.23. The molecule has 3 nitrogen and oxygen atoms in total. The molecule has 0 radical (unpaired) electrons. The molecule has 1 aliphatic rings. The van der Waals surface area contributed by atoms with Gasteiger partial charge in [0.25, 0.3) is 5.91 Å². The Bertz CT molecular complexity index is 372. The number of benzene rings is 1. The number of rotatable bonds is 3. The highest BCUT2D eigenvalue weighted by molar-refractivity contribution is 5.94. The average molecular weight is 269 g/mol. The second kappa shape index (κ2) is 7.39. The van der Waals surface area contributed by atoms with Crippen LogP contribution in [0.15, 0.2) is 24.3 Å². The van der Waals surface area contributed by atoms with Gasteiger partial charge in [0.15, 0.2) is 0 Å². The second-order valence-electron chi connectivity index (χ2n) is 4.55. The summed E-state index contributed by atoms with van der Waals surface area (Å²) in [5.74, 6) is 0.0551. The van der Waals surface area contributed by atoms with Crippen molar-refractivity contribution in [3.63, 3.8) is 0 Å².